The molecule has 4 heteroatoms. The number of nitrogens with zero attached hydrogens (tertiary/aromatic N) is 2. The van der Waals surface area contributed by atoms with Crippen molar-refractivity contribution < 1.29 is 4.74 Å². The van der Waals surface area contributed by atoms with Crippen LogP contribution in [0.3, 0.4) is 0 Å². The molecule has 1 fully saturated rings. The van der Waals surface area contributed by atoms with Gasteiger partial charge in [-0.3, -0.25) is 4.68 Å². The highest BCUT2D eigenvalue weighted by atomic mass is 16.5. The molecule has 0 radical (unpaired) electrons. The van der Waals surface area contributed by atoms with E-state index in [9.17, 15) is 0 Å². The molecule has 1 aromatic heterocycles. The maximum atomic E-state index is 6.31. The van der Waals surface area contributed by atoms with E-state index in [0.29, 0.717) is 5.92 Å². The van der Waals surface area contributed by atoms with E-state index in [1.165, 1.54) is 5.69 Å². The van der Waals surface area contributed by atoms with Gasteiger partial charge in [-0.25, -0.2) is 0 Å². The minimum absolute atomic E-state index is 0.0616. The lowest BCUT2D eigenvalue weighted by atomic mass is 9.80. The van der Waals surface area contributed by atoms with Gasteiger partial charge in [-0.15, -0.1) is 0 Å². The maximum Gasteiger partial charge on any atom is 0.0681 e. The van der Waals surface area contributed by atoms with Crippen molar-refractivity contribution in [2.75, 3.05) is 6.54 Å². The number of aryl methyl sites for hydroxylation is 2. The lowest BCUT2D eigenvalue weighted by Gasteiger charge is -2.33. The summed E-state index contributed by atoms with van der Waals surface area (Å²) in [5.74, 6) is 0.439. The molecular formula is C17H31N3O. The van der Waals surface area contributed by atoms with Crippen LogP contribution in [0.2, 0.25) is 0 Å². The summed E-state index contributed by atoms with van der Waals surface area (Å²) in [5, 5.41) is 8.31. The quantitative estimate of drug-likeness (QED) is 0.903. The summed E-state index contributed by atoms with van der Waals surface area (Å²) < 4.78 is 8.44. The third-order valence-electron chi connectivity index (χ3n) is 4.52. The third-order valence-corrected chi connectivity index (χ3v) is 4.52. The van der Waals surface area contributed by atoms with Gasteiger partial charge in [0, 0.05) is 12.5 Å². The van der Waals surface area contributed by atoms with Crippen LogP contribution in [0.4, 0.5) is 0 Å². The number of hydrogen-bond acceptors (Lipinski definition) is 3. The van der Waals surface area contributed by atoms with E-state index in [2.05, 4.69) is 69.6 Å². The summed E-state index contributed by atoms with van der Waals surface area (Å²) in [7, 11) is 0. The first kappa shape index (κ1) is 16.5. The van der Waals surface area contributed by atoms with E-state index in [0.717, 1.165) is 25.2 Å². The molecule has 1 N–H and O–H groups in total. The van der Waals surface area contributed by atoms with Crippen molar-refractivity contribution in [1.82, 2.24) is 15.1 Å². The average molecular weight is 293 g/mol. The maximum absolute atomic E-state index is 6.31. The van der Waals surface area contributed by atoms with Gasteiger partial charge in [-0.1, -0.05) is 6.92 Å². The molecular weight excluding hydrogens is 262 g/mol. The topological polar surface area (TPSA) is 39.1 Å². The van der Waals surface area contributed by atoms with E-state index in [1.807, 2.05) is 0 Å². The second kappa shape index (κ2) is 5.73. The molecule has 2 rings (SSSR count). The van der Waals surface area contributed by atoms with Crippen LogP contribution in [0.1, 0.15) is 65.4 Å². The van der Waals surface area contributed by atoms with Gasteiger partial charge < -0.3 is 10.1 Å². The highest BCUT2D eigenvalue weighted by Crippen LogP contribution is 2.47. The third kappa shape index (κ3) is 3.32. The fourth-order valence-corrected chi connectivity index (χ4v) is 3.87. The van der Waals surface area contributed by atoms with Gasteiger partial charge >= 0.3 is 0 Å². The van der Waals surface area contributed by atoms with Crippen molar-refractivity contribution in [3.8, 4) is 0 Å². The second-order valence-corrected chi connectivity index (χ2v) is 7.34. The first-order chi connectivity index (χ1) is 9.70. The molecule has 2 atom stereocenters. The van der Waals surface area contributed by atoms with Crippen LogP contribution in [-0.2, 0) is 11.3 Å². The Morgan fingerprint density at radius 1 is 1.38 bits per heavy atom. The Hall–Kier alpha value is -0.870. The number of rotatable bonds is 5. The highest BCUT2D eigenvalue weighted by Gasteiger charge is 2.49. The molecule has 1 aliphatic heterocycles. The fraction of sp³-hybridized carbons (Fsp3) is 0.824. The summed E-state index contributed by atoms with van der Waals surface area (Å²) in [6.45, 7) is 17.1. The van der Waals surface area contributed by atoms with E-state index in [4.69, 9.17) is 4.74 Å². The average Bonchev–Trinajstić information content (AvgIpc) is 2.82. The van der Waals surface area contributed by atoms with Crippen molar-refractivity contribution >= 4 is 0 Å². The fourth-order valence-electron chi connectivity index (χ4n) is 3.87. The van der Waals surface area contributed by atoms with Crippen LogP contribution in [0.15, 0.2) is 6.07 Å². The molecule has 0 amide bonds. The van der Waals surface area contributed by atoms with E-state index in [-0.39, 0.29) is 17.2 Å². The lowest BCUT2D eigenvalue weighted by Crippen LogP contribution is -2.39. The number of hydrogen-bond donors (Lipinski definition) is 1. The molecule has 0 spiro atoms. The number of ether oxygens (including phenoxy) is 1. The van der Waals surface area contributed by atoms with E-state index in [1.54, 1.807) is 0 Å². The minimum Gasteiger partial charge on any atom is -0.369 e. The summed E-state index contributed by atoms with van der Waals surface area (Å²) in [5.41, 5.74) is 2.18. The van der Waals surface area contributed by atoms with Gasteiger partial charge in [0.2, 0.25) is 0 Å². The first-order valence-electron chi connectivity index (χ1n) is 8.18. The molecule has 4 nitrogen and oxygen atoms in total. The molecule has 21 heavy (non-hydrogen) atoms. The van der Waals surface area contributed by atoms with Crippen molar-refractivity contribution in [3.63, 3.8) is 0 Å². The zero-order valence-electron chi connectivity index (χ0n) is 14.7. The van der Waals surface area contributed by atoms with E-state index >= 15 is 0 Å². The van der Waals surface area contributed by atoms with Crippen LogP contribution in [0.25, 0.3) is 0 Å². The summed E-state index contributed by atoms with van der Waals surface area (Å²) in [6, 6.07) is 2.51. The van der Waals surface area contributed by atoms with Crippen molar-refractivity contribution in [1.29, 1.82) is 0 Å². The molecule has 0 saturated carbocycles. The van der Waals surface area contributed by atoms with Crippen LogP contribution in [0.5, 0.6) is 0 Å². The van der Waals surface area contributed by atoms with Crippen LogP contribution >= 0.6 is 0 Å². The predicted octanol–water partition coefficient (Wildman–Crippen LogP) is 3.46. The Balaban J connectivity index is 2.39. The second-order valence-electron chi connectivity index (χ2n) is 7.34. The Kier molecular flexibility index (Phi) is 4.50. The largest absolute Gasteiger partial charge is 0.369 e. The molecule has 2 heterocycles. The zero-order valence-corrected chi connectivity index (χ0v) is 14.7. The summed E-state index contributed by atoms with van der Waals surface area (Å²) in [4.78, 5) is 0. The minimum atomic E-state index is -0.132. The summed E-state index contributed by atoms with van der Waals surface area (Å²) >= 11 is 0. The number of aromatic nitrogens is 2. The molecule has 1 aromatic rings. The first-order valence-corrected chi connectivity index (χ1v) is 8.18. The molecule has 2 unspecified atom stereocenters. The Labute approximate surface area is 129 Å². The van der Waals surface area contributed by atoms with Crippen molar-refractivity contribution in [3.05, 3.63) is 17.5 Å². The monoisotopic (exact) mass is 293 g/mol. The normalized spacial score (nSPS) is 25.2. The lowest BCUT2D eigenvalue weighted by molar-refractivity contribution is -0.0780. The molecule has 0 aromatic carbocycles. The number of nitrogens with one attached hydrogen (secondary N) is 1. The molecule has 120 valence electrons. The van der Waals surface area contributed by atoms with Gasteiger partial charge in [0.05, 0.1) is 28.6 Å². The smallest absolute Gasteiger partial charge is 0.0681 e. The van der Waals surface area contributed by atoms with Gasteiger partial charge in [0.15, 0.2) is 0 Å². The van der Waals surface area contributed by atoms with Gasteiger partial charge in [-0.05, 0) is 60.6 Å². The van der Waals surface area contributed by atoms with E-state index < -0.39 is 0 Å². The van der Waals surface area contributed by atoms with Crippen molar-refractivity contribution in [2.24, 2.45) is 5.92 Å². The molecule has 1 aliphatic rings. The SMILES string of the molecule is CCNC(c1cc(C)nn1CC)C1CC(C)(C)OC1(C)C. The molecule has 0 bridgehead atoms. The van der Waals surface area contributed by atoms with Gasteiger partial charge in [0.1, 0.15) is 0 Å². The molecule has 1 saturated heterocycles. The van der Waals surface area contributed by atoms with Crippen LogP contribution < -0.4 is 5.32 Å². The Morgan fingerprint density at radius 2 is 2.05 bits per heavy atom. The predicted molar refractivity (Wildman–Crippen MR) is 86.4 cm³/mol. The Bertz CT molecular complexity index is 490. The van der Waals surface area contributed by atoms with Crippen molar-refractivity contribution in [2.45, 2.75) is 78.7 Å². The molecule has 0 aliphatic carbocycles. The summed E-state index contributed by atoms with van der Waals surface area (Å²) in [6.07, 6.45) is 1.06. The van der Waals surface area contributed by atoms with Gasteiger partial charge in [-0.2, -0.15) is 5.10 Å². The Morgan fingerprint density at radius 3 is 2.52 bits per heavy atom. The standard InChI is InChI=1S/C17H31N3O/c1-8-18-15(14-10-12(3)19-20(14)9-2)13-11-16(4,5)21-17(13,6)7/h10,13,15,18H,8-9,11H2,1-7H3. The van der Waals surface area contributed by atoms with Crippen LogP contribution in [0, 0.1) is 12.8 Å². The zero-order chi connectivity index (χ0) is 15.8. The van der Waals surface area contributed by atoms with Crippen LogP contribution in [-0.4, -0.2) is 27.5 Å². The van der Waals surface area contributed by atoms with Gasteiger partial charge in [0.25, 0.3) is 0 Å². The highest BCUT2D eigenvalue weighted by molar-refractivity contribution is 5.17.